The highest BCUT2D eigenvalue weighted by atomic mass is 19.3. The highest BCUT2D eigenvalue weighted by Gasteiger charge is 2.08. The van der Waals surface area contributed by atoms with Crippen molar-refractivity contribution in [2.24, 2.45) is 0 Å². The molecule has 1 heterocycles. The standard InChI is InChI=1S/C12H10F2O2/c1-8-7-9(16-12(13)14)4-5-10(8)11-3-2-6-15-11/h2-7,12H,1H3. The van der Waals surface area contributed by atoms with Crippen LogP contribution in [-0.4, -0.2) is 6.61 Å². The summed E-state index contributed by atoms with van der Waals surface area (Å²) in [6, 6.07) is 8.35. The monoisotopic (exact) mass is 224 g/mol. The lowest BCUT2D eigenvalue weighted by Gasteiger charge is -2.07. The number of furan rings is 1. The van der Waals surface area contributed by atoms with E-state index in [-0.39, 0.29) is 5.75 Å². The molecule has 0 aliphatic heterocycles. The van der Waals surface area contributed by atoms with Crippen molar-refractivity contribution in [1.82, 2.24) is 0 Å². The Morgan fingerprint density at radius 3 is 2.62 bits per heavy atom. The second-order valence-electron chi connectivity index (χ2n) is 3.33. The number of benzene rings is 1. The maximum absolute atomic E-state index is 12.0. The molecule has 0 atom stereocenters. The molecule has 16 heavy (non-hydrogen) atoms. The smallest absolute Gasteiger partial charge is 0.387 e. The molecule has 1 aromatic carbocycles. The van der Waals surface area contributed by atoms with Crippen LogP contribution in [0.2, 0.25) is 0 Å². The van der Waals surface area contributed by atoms with Crippen molar-refractivity contribution in [3.8, 4) is 17.1 Å². The first-order valence-electron chi connectivity index (χ1n) is 4.76. The average Bonchev–Trinajstić information content (AvgIpc) is 2.69. The Balaban J connectivity index is 2.30. The van der Waals surface area contributed by atoms with Crippen molar-refractivity contribution in [3.63, 3.8) is 0 Å². The lowest BCUT2D eigenvalue weighted by atomic mass is 10.1. The fourth-order valence-electron chi connectivity index (χ4n) is 1.52. The third-order valence-corrected chi connectivity index (χ3v) is 2.21. The van der Waals surface area contributed by atoms with Gasteiger partial charge in [-0.1, -0.05) is 0 Å². The highest BCUT2D eigenvalue weighted by molar-refractivity contribution is 5.63. The van der Waals surface area contributed by atoms with E-state index < -0.39 is 6.61 Å². The van der Waals surface area contributed by atoms with Crippen LogP contribution in [0.1, 0.15) is 5.56 Å². The lowest BCUT2D eigenvalue weighted by molar-refractivity contribution is -0.0498. The van der Waals surface area contributed by atoms with Gasteiger partial charge in [0.1, 0.15) is 11.5 Å². The number of halogens is 2. The first kappa shape index (κ1) is 10.7. The van der Waals surface area contributed by atoms with E-state index >= 15 is 0 Å². The average molecular weight is 224 g/mol. The van der Waals surface area contributed by atoms with Crippen LogP contribution in [0, 0.1) is 6.92 Å². The van der Waals surface area contributed by atoms with Crippen molar-refractivity contribution in [2.45, 2.75) is 13.5 Å². The fraction of sp³-hybridized carbons (Fsp3) is 0.167. The third-order valence-electron chi connectivity index (χ3n) is 2.21. The van der Waals surface area contributed by atoms with Crippen molar-refractivity contribution in [3.05, 3.63) is 42.2 Å². The van der Waals surface area contributed by atoms with Gasteiger partial charge in [-0.15, -0.1) is 0 Å². The van der Waals surface area contributed by atoms with E-state index in [0.717, 1.165) is 11.1 Å². The molecule has 4 heteroatoms. The predicted octanol–water partition coefficient (Wildman–Crippen LogP) is 3.86. The summed E-state index contributed by atoms with van der Waals surface area (Å²) in [4.78, 5) is 0. The summed E-state index contributed by atoms with van der Waals surface area (Å²) in [5.41, 5.74) is 1.69. The van der Waals surface area contributed by atoms with Gasteiger partial charge in [0.05, 0.1) is 6.26 Å². The molecule has 0 aliphatic rings. The van der Waals surface area contributed by atoms with Crippen molar-refractivity contribution < 1.29 is 17.9 Å². The Kier molecular flexibility index (Phi) is 2.90. The Morgan fingerprint density at radius 1 is 1.25 bits per heavy atom. The van der Waals surface area contributed by atoms with Gasteiger partial charge < -0.3 is 9.15 Å². The quantitative estimate of drug-likeness (QED) is 0.789. The maximum Gasteiger partial charge on any atom is 0.387 e. The molecule has 0 saturated carbocycles. The van der Waals surface area contributed by atoms with E-state index in [0.29, 0.717) is 5.76 Å². The van der Waals surface area contributed by atoms with Gasteiger partial charge in [-0.25, -0.2) is 0 Å². The molecule has 0 aliphatic carbocycles. The van der Waals surface area contributed by atoms with Gasteiger partial charge in [0.25, 0.3) is 0 Å². The summed E-state index contributed by atoms with van der Waals surface area (Å²) >= 11 is 0. The van der Waals surface area contributed by atoms with Gasteiger partial charge in [0.2, 0.25) is 0 Å². The Morgan fingerprint density at radius 2 is 2.06 bits per heavy atom. The van der Waals surface area contributed by atoms with E-state index in [1.165, 1.54) is 6.07 Å². The summed E-state index contributed by atoms with van der Waals surface area (Å²) in [6.07, 6.45) is 1.57. The third kappa shape index (κ3) is 2.21. The van der Waals surface area contributed by atoms with Gasteiger partial charge in [0.15, 0.2) is 0 Å². The molecule has 84 valence electrons. The van der Waals surface area contributed by atoms with E-state index in [9.17, 15) is 8.78 Å². The van der Waals surface area contributed by atoms with E-state index in [2.05, 4.69) is 4.74 Å². The Bertz CT molecular complexity index is 464. The van der Waals surface area contributed by atoms with Crippen LogP contribution in [0.4, 0.5) is 8.78 Å². The molecule has 0 unspecified atom stereocenters. The van der Waals surface area contributed by atoms with Crippen LogP contribution in [0.15, 0.2) is 41.0 Å². The van der Waals surface area contributed by atoms with Crippen LogP contribution >= 0.6 is 0 Å². The van der Waals surface area contributed by atoms with Crippen LogP contribution in [0.5, 0.6) is 5.75 Å². The normalized spacial score (nSPS) is 10.8. The minimum atomic E-state index is -2.80. The first-order valence-corrected chi connectivity index (χ1v) is 4.76. The minimum Gasteiger partial charge on any atom is -0.464 e. The molecule has 0 bridgehead atoms. The zero-order valence-corrected chi connectivity index (χ0v) is 8.61. The van der Waals surface area contributed by atoms with E-state index in [1.807, 2.05) is 13.0 Å². The molecule has 0 fully saturated rings. The number of alkyl halides is 2. The molecular weight excluding hydrogens is 214 g/mol. The number of hydrogen-bond donors (Lipinski definition) is 0. The second kappa shape index (κ2) is 4.35. The van der Waals surface area contributed by atoms with E-state index in [1.54, 1.807) is 24.5 Å². The molecule has 2 aromatic rings. The second-order valence-corrected chi connectivity index (χ2v) is 3.33. The summed E-state index contributed by atoms with van der Waals surface area (Å²) in [7, 11) is 0. The molecule has 0 radical (unpaired) electrons. The van der Waals surface area contributed by atoms with Crippen LogP contribution in [0.3, 0.4) is 0 Å². The van der Waals surface area contributed by atoms with Gasteiger partial charge in [-0.3, -0.25) is 0 Å². The summed E-state index contributed by atoms with van der Waals surface area (Å²) < 4.78 is 33.5. The molecule has 0 amide bonds. The SMILES string of the molecule is Cc1cc(OC(F)F)ccc1-c1ccco1. The molecule has 1 aromatic heterocycles. The summed E-state index contributed by atoms with van der Waals surface area (Å²) in [5, 5.41) is 0. The number of ether oxygens (including phenoxy) is 1. The molecular formula is C12H10F2O2. The molecule has 0 N–H and O–H groups in total. The number of aryl methyl sites for hydroxylation is 1. The minimum absolute atomic E-state index is 0.155. The first-order chi connectivity index (χ1) is 7.66. The highest BCUT2D eigenvalue weighted by Crippen LogP contribution is 2.27. The van der Waals surface area contributed by atoms with Crippen LogP contribution in [-0.2, 0) is 0 Å². The van der Waals surface area contributed by atoms with Crippen molar-refractivity contribution >= 4 is 0 Å². The summed E-state index contributed by atoms with van der Waals surface area (Å²) in [5.74, 6) is 0.865. The van der Waals surface area contributed by atoms with Gasteiger partial charge in [-0.2, -0.15) is 8.78 Å². The van der Waals surface area contributed by atoms with Crippen LogP contribution in [0.25, 0.3) is 11.3 Å². The Hall–Kier alpha value is -1.84. The predicted molar refractivity (Wildman–Crippen MR) is 55.5 cm³/mol. The number of hydrogen-bond acceptors (Lipinski definition) is 2. The Labute approximate surface area is 91.5 Å². The molecule has 0 saturated heterocycles. The molecule has 0 spiro atoms. The maximum atomic E-state index is 12.0. The zero-order chi connectivity index (χ0) is 11.5. The zero-order valence-electron chi connectivity index (χ0n) is 8.61. The molecule has 2 nitrogen and oxygen atoms in total. The van der Waals surface area contributed by atoms with Gasteiger partial charge in [-0.05, 0) is 42.8 Å². The van der Waals surface area contributed by atoms with Gasteiger partial charge in [0, 0.05) is 5.56 Å². The van der Waals surface area contributed by atoms with Crippen molar-refractivity contribution in [2.75, 3.05) is 0 Å². The fourth-order valence-corrected chi connectivity index (χ4v) is 1.52. The van der Waals surface area contributed by atoms with Crippen LogP contribution < -0.4 is 4.74 Å². The van der Waals surface area contributed by atoms with E-state index in [4.69, 9.17) is 4.42 Å². The number of rotatable bonds is 3. The summed E-state index contributed by atoms with van der Waals surface area (Å²) in [6.45, 7) is -0.982. The topological polar surface area (TPSA) is 22.4 Å². The van der Waals surface area contributed by atoms with Gasteiger partial charge >= 0.3 is 6.61 Å². The molecule has 2 rings (SSSR count). The van der Waals surface area contributed by atoms with Crippen molar-refractivity contribution in [1.29, 1.82) is 0 Å². The lowest BCUT2D eigenvalue weighted by Crippen LogP contribution is -2.01. The largest absolute Gasteiger partial charge is 0.464 e.